The summed E-state index contributed by atoms with van der Waals surface area (Å²) < 4.78 is 5.27. The Labute approximate surface area is 182 Å². The van der Waals surface area contributed by atoms with Crippen molar-refractivity contribution in [1.29, 1.82) is 0 Å². The number of fused-ring (bicyclic) bond motifs is 2. The number of benzene rings is 2. The van der Waals surface area contributed by atoms with E-state index < -0.39 is 0 Å². The summed E-state index contributed by atoms with van der Waals surface area (Å²) in [6.45, 7) is 5.10. The molecule has 0 aliphatic carbocycles. The smallest absolute Gasteiger partial charge is 0.338 e. The fourth-order valence-electron chi connectivity index (χ4n) is 4.93. The second-order valence-corrected chi connectivity index (χ2v) is 8.55. The number of anilines is 1. The van der Waals surface area contributed by atoms with Crippen molar-refractivity contribution < 1.29 is 4.42 Å². The van der Waals surface area contributed by atoms with Crippen molar-refractivity contribution in [3.05, 3.63) is 76.1 Å². The standard InChI is InChI=1S/C26H29N3O2/c30-25-18-23(22-8-3-4-9-24(22)31-25)27-13-5-15-29-16-11-20(12-17-29)26-21-7-2-1-6-19(21)10-14-28-26/h1-4,6-9,18,20,27H,5,10-17H2. The van der Waals surface area contributed by atoms with Crippen LogP contribution in [0.1, 0.15) is 30.4 Å². The zero-order chi connectivity index (χ0) is 21.0. The maximum absolute atomic E-state index is 11.8. The highest BCUT2D eigenvalue weighted by Gasteiger charge is 2.26. The van der Waals surface area contributed by atoms with Crippen LogP contribution in [0.25, 0.3) is 11.0 Å². The summed E-state index contributed by atoms with van der Waals surface area (Å²) >= 11 is 0. The lowest BCUT2D eigenvalue weighted by Crippen LogP contribution is -2.38. The van der Waals surface area contributed by atoms with Crippen molar-refractivity contribution >= 4 is 22.4 Å². The summed E-state index contributed by atoms with van der Waals surface area (Å²) in [7, 11) is 0. The van der Waals surface area contributed by atoms with E-state index in [9.17, 15) is 4.79 Å². The maximum atomic E-state index is 11.8. The van der Waals surface area contributed by atoms with Gasteiger partial charge in [0.2, 0.25) is 0 Å². The minimum Gasteiger partial charge on any atom is -0.423 e. The normalized spacial score (nSPS) is 17.4. The van der Waals surface area contributed by atoms with Crippen LogP contribution < -0.4 is 10.9 Å². The molecule has 3 aromatic rings. The number of hydrogen-bond donors (Lipinski definition) is 1. The van der Waals surface area contributed by atoms with Gasteiger partial charge in [-0.1, -0.05) is 36.4 Å². The average molecular weight is 416 g/mol. The predicted octanol–water partition coefficient (Wildman–Crippen LogP) is 4.35. The SMILES string of the molecule is O=c1cc(NCCCN2CCC(C3=NCCc4ccccc43)CC2)c2ccccc2o1. The molecule has 0 unspecified atom stereocenters. The third-order valence-corrected chi connectivity index (χ3v) is 6.55. The molecule has 0 saturated carbocycles. The van der Waals surface area contributed by atoms with Gasteiger partial charge in [0.1, 0.15) is 5.58 Å². The topological polar surface area (TPSA) is 57.8 Å². The maximum Gasteiger partial charge on any atom is 0.338 e. The third kappa shape index (κ3) is 4.42. The first kappa shape index (κ1) is 20.0. The molecule has 5 rings (SSSR count). The van der Waals surface area contributed by atoms with Crippen molar-refractivity contribution in [3.63, 3.8) is 0 Å². The van der Waals surface area contributed by atoms with Crippen molar-refractivity contribution in [2.24, 2.45) is 10.9 Å². The van der Waals surface area contributed by atoms with Gasteiger partial charge in [-0.15, -0.1) is 0 Å². The molecule has 0 amide bonds. The lowest BCUT2D eigenvalue weighted by Gasteiger charge is -2.34. The Kier molecular flexibility index (Phi) is 5.85. The summed E-state index contributed by atoms with van der Waals surface area (Å²) in [5.74, 6) is 0.589. The molecular formula is C26H29N3O2. The number of hydrogen-bond acceptors (Lipinski definition) is 5. The van der Waals surface area contributed by atoms with Gasteiger partial charge in [0.25, 0.3) is 0 Å². The Bertz CT molecular complexity index is 1140. The molecule has 3 heterocycles. The van der Waals surface area contributed by atoms with E-state index in [2.05, 4.69) is 34.5 Å². The third-order valence-electron chi connectivity index (χ3n) is 6.55. The van der Waals surface area contributed by atoms with Gasteiger partial charge in [0.15, 0.2) is 0 Å². The van der Waals surface area contributed by atoms with E-state index in [1.807, 2.05) is 24.3 Å². The molecule has 2 aliphatic heterocycles. The Morgan fingerprint density at radius 2 is 1.87 bits per heavy atom. The summed E-state index contributed by atoms with van der Waals surface area (Å²) in [6.07, 6.45) is 4.49. The summed E-state index contributed by atoms with van der Waals surface area (Å²) in [5.41, 5.74) is 5.37. The molecule has 160 valence electrons. The Morgan fingerprint density at radius 3 is 2.77 bits per heavy atom. The Hall–Kier alpha value is -2.92. The first-order valence-electron chi connectivity index (χ1n) is 11.4. The molecule has 1 aromatic heterocycles. The predicted molar refractivity (Wildman–Crippen MR) is 126 cm³/mol. The van der Waals surface area contributed by atoms with Crippen LogP contribution in [0.15, 0.2) is 68.8 Å². The number of nitrogens with one attached hydrogen (secondary N) is 1. The van der Waals surface area contributed by atoms with E-state index in [0.717, 1.165) is 56.6 Å². The second kappa shape index (κ2) is 9.06. The van der Waals surface area contributed by atoms with Crippen molar-refractivity contribution in [3.8, 4) is 0 Å². The number of nitrogens with zero attached hydrogens (tertiary/aromatic N) is 2. The van der Waals surface area contributed by atoms with Gasteiger partial charge in [-0.3, -0.25) is 4.99 Å². The molecule has 1 N–H and O–H groups in total. The molecule has 2 aromatic carbocycles. The largest absolute Gasteiger partial charge is 0.423 e. The molecule has 1 saturated heterocycles. The number of likely N-dealkylation sites (tertiary alicyclic amines) is 1. The van der Waals surface area contributed by atoms with E-state index in [-0.39, 0.29) is 5.63 Å². The highest BCUT2D eigenvalue weighted by Crippen LogP contribution is 2.27. The zero-order valence-electron chi connectivity index (χ0n) is 17.8. The van der Waals surface area contributed by atoms with Crippen LogP contribution in [0.4, 0.5) is 5.69 Å². The monoisotopic (exact) mass is 415 g/mol. The van der Waals surface area contributed by atoms with Gasteiger partial charge in [-0.25, -0.2) is 4.79 Å². The number of piperidine rings is 1. The van der Waals surface area contributed by atoms with Crippen LogP contribution in [0.3, 0.4) is 0 Å². The fourth-order valence-corrected chi connectivity index (χ4v) is 4.93. The van der Waals surface area contributed by atoms with E-state index in [1.165, 1.54) is 29.7 Å². The number of rotatable bonds is 6. The van der Waals surface area contributed by atoms with Crippen molar-refractivity contribution in [1.82, 2.24) is 4.90 Å². The highest BCUT2D eigenvalue weighted by atomic mass is 16.4. The van der Waals surface area contributed by atoms with Crippen LogP contribution >= 0.6 is 0 Å². The van der Waals surface area contributed by atoms with E-state index >= 15 is 0 Å². The Morgan fingerprint density at radius 1 is 1.06 bits per heavy atom. The molecule has 5 nitrogen and oxygen atoms in total. The van der Waals surface area contributed by atoms with Gasteiger partial charge >= 0.3 is 5.63 Å². The molecular weight excluding hydrogens is 386 g/mol. The average Bonchev–Trinajstić information content (AvgIpc) is 2.82. The van der Waals surface area contributed by atoms with E-state index in [1.54, 1.807) is 6.07 Å². The first-order chi connectivity index (χ1) is 15.3. The van der Waals surface area contributed by atoms with Crippen molar-refractivity contribution in [2.75, 3.05) is 38.0 Å². The summed E-state index contributed by atoms with van der Waals surface area (Å²) in [4.78, 5) is 19.3. The van der Waals surface area contributed by atoms with Crippen LogP contribution in [-0.2, 0) is 6.42 Å². The van der Waals surface area contributed by atoms with Crippen LogP contribution in [0.2, 0.25) is 0 Å². The minimum absolute atomic E-state index is 0.310. The molecule has 0 spiro atoms. The van der Waals surface area contributed by atoms with Crippen LogP contribution in [0.5, 0.6) is 0 Å². The molecule has 31 heavy (non-hydrogen) atoms. The minimum atomic E-state index is -0.310. The summed E-state index contributed by atoms with van der Waals surface area (Å²) in [5, 5.41) is 4.39. The van der Waals surface area contributed by atoms with Crippen LogP contribution in [-0.4, -0.2) is 43.3 Å². The molecule has 1 fully saturated rings. The quantitative estimate of drug-likeness (QED) is 0.480. The fraction of sp³-hybridized carbons (Fsp3) is 0.385. The molecule has 5 heteroatoms. The van der Waals surface area contributed by atoms with Crippen molar-refractivity contribution in [2.45, 2.75) is 25.7 Å². The van der Waals surface area contributed by atoms with Gasteiger partial charge < -0.3 is 14.6 Å². The van der Waals surface area contributed by atoms with E-state index in [0.29, 0.717) is 11.5 Å². The van der Waals surface area contributed by atoms with Gasteiger partial charge in [0.05, 0.1) is 5.69 Å². The zero-order valence-corrected chi connectivity index (χ0v) is 17.8. The molecule has 0 bridgehead atoms. The lowest BCUT2D eigenvalue weighted by molar-refractivity contribution is 0.209. The first-order valence-corrected chi connectivity index (χ1v) is 11.4. The number of para-hydroxylation sites is 1. The molecule has 0 atom stereocenters. The summed E-state index contributed by atoms with van der Waals surface area (Å²) in [6, 6.07) is 18.0. The molecule has 2 aliphatic rings. The number of aliphatic imine (C=N–C) groups is 1. The van der Waals surface area contributed by atoms with Crippen LogP contribution in [0, 0.1) is 5.92 Å². The van der Waals surface area contributed by atoms with Gasteiger partial charge in [-0.2, -0.15) is 0 Å². The molecule has 0 radical (unpaired) electrons. The second-order valence-electron chi connectivity index (χ2n) is 8.55. The van der Waals surface area contributed by atoms with Gasteiger partial charge in [-0.05, 0) is 68.6 Å². The highest BCUT2D eigenvalue weighted by molar-refractivity contribution is 6.04. The lowest BCUT2D eigenvalue weighted by atomic mass is 9.84. The van der Waals surface area contributed by atoms with Gasteiger partial charge in [0, 0.05) is 36.2 Å². The van der Waals surface area contributed by atoms with E-state index in [4.69, 9.17) is 9.41 Å². The Balaban J connectivity index is 1.12.